The molecule has 31 heavy (non-hydrogen) atoms. The fourth-order valence-corrected chi connectivity index (χ4v) is 3.69. The van der Waals surface area contributed by atoms with Crippen molar-refractivity contribution < 1.29 is 9.18 Å². The molecule has 0 aliphatic carbocycles. The van der Waals surface area contributed by atoms with E-state index in [-0.39, 0.29) is 18.1 Å². The van der Waals surface area contributed by atoms with Gasteiger partial charge < -0.3 is 5.32 Å². The average Bonchev–Trinajstić information content (AvgIpc) is 2.97. The molecular formula is C26H18FN3O. The minimum Gasteiger partial charge on any atom is -0.324 e. The van der Waals surface area contributed by atoms with Gasteiger partial charge >= 0.3 is 0 Å². The van der Waals surface area contributed by atoms with Gasteiger partial charge in [-0.05, 0) is 47.5 Å². The minimum absolute atomic E-state index is 0.148. The first kappa shape index (κ1) is 18.9. The Balaban J connectivity index is 1.55. The summed E-state index contributed by atoms with van der Waals surface area (Å²) < 4.78 is 14.2. The van der Waals surface area contributed by atoms with Crippen molar-refractivity contribution in [2.75, 3.05) is 5.32 Å². The van der Waals surface area contributed by atoms with Crippen LogP contribution in [0.2, 0.25) is 0 Å². The molecule has 5 rings (SSSR count). The highest BCUT2D eigenvalue weighted by Gasteiger charge is 2.19. The van der Waals surface area contributed by atoms with Crippen LogP contribution in [0.25, 0.3) is 22.4 Å². The first-order valence-corrected chi connectivity index (χ1v) is 9.95. The molecule has 0 saturated carbocycles. The molecule has 0 bridgehead atoms. The van der Waals surface area contributed by atoms with Gasteiger partial charge in [-0.3, -0.25) is 14.8 Å². The van der Waals surface area contributed by atoms with Crippen molar-refractivity contribution in [2.45, 2.75) is 6.42 Å². The van der Waals surface area contributed by atoms with Crippen molar-refractivity contribution in [1.29, 1.82) is 0 Å². The second kappa shape index (κ2) is 7.95. The van der Waals surface area contributed by atoms with Gasteiger partial charge in [0.2, 0.25) is 5.91 Å². The lowest BCUT2D eigenvalue weighted by atomic mass is 10.0. The van der Waals surface area contributed by atoms with Gasteiger partial charge in [-0.1, -0.05) is 48.5 Å². The average molecular weight is 407 g/mol. The zero-order valence-corrected chi connectivity index (χ0v) is 16.5. The zero-order valence-electron chi connectivity index (χ0n) is 16.5. The number of hydrogen-bond acceptors (Lipinski definition) is 3. The Kier molecular flexibility index (Phi) is 4.84. The largest absolute Gasteiger partial charge is 0.324 e. The van der Waals surface area contributed by atoms with E-state index in [0.717, 1.165) is 16.8 Å². The fourth-order valence-electron chi connectivity index (χ4n) is 3.69. The summed E-state index contributed by atoms with van der Waals surface area (Å²) in [5.74, 6) is -0.468. The number of pyridine rings is 1. The summed E-state index contributed by atoms with van der Waals surface area (Å²) in [4.78, 5) is 21.8. The Labute approximate surface area is 179 Å². The molecule has 3 aromatic carbocycles. The summed E-state index contributed by atoms with van der Waals surface area (Å²) in [6.07, 6.45) is 1.90. The standard InChI is InChI=1S/C26H18FN3O/c27-21-9-2-1-8-20(21)17-11-12-23-25(15-17)30-26(31)16-24(29-23)19-7-5-6-18(14-19)22-10-3-4-13-28-22/h1-15H,16H2,(H,30,31). The van der Waals surface area contributed by atoms with Gasteiger partial charge in [-0.2, -0.15) is 0 Å². The topological polar surface area (TPSA) is 54.4 Å². The summed E-state index contributed by atoms with van der Waals surface area (Å²) in [5.41, 5.74) is 5.74. The number of anilines is 1. The van der Waals surface area contributed by atoms with E-state index in [1.165, 1.54) is 6.07 Å². The minimum atomic E-state index is -0.307. The number of fused-ring (bicyclic) bond motifs is 1. The lowest BCUT2D eigenvalue weighted by Gasteiger charge is -2.09. The van der Waals surface area contributed by atoms with Gasteiger partial charge in [0.05, 0.1) is 29.2 Å². The third-order valence-corrected chi connectivity index (χ3v) is 5.20. The van der Waals surface area contributed by atoms with Gasteiger partial charge in [0, 0.05) is 17.3 Å². The van der Waals surface area contributed by atoms with Crippen molar-refractivity contribution in [3.05, 3.63) is 103 Å². The van der Waals surface area contributed by atoms with E-state index in [0.29, 0.717) is 28.2 Å². The molecular weight excluding hydrogens is 389 g/mol. The molecule has 1 N–H and O–H groups in total. The Morgan fingerprint density at radius 1 is 0.806 bits per heavy atom. The normalized spacial score (nSPS) is 13.1. The molecule has 1 aliphatic rings. The summed E-state index contributed by atoms with van der Waals surface area (Å²) in [6, 6.07) is 25.6. The first-order chi connectivity index (χ1) is 15.2. The van der Waals surface area contributed by atoms with Crippen molar-refractivity contribution in [2.24, 2.45) is 4.99 Å². The Morgan fingerprint density at radius 2 is 1.65 bits per heavy atom. The maximum atomic E-state index is 14.2. The van der Waals surface area contributed by atoms with Crippen LogP contribution in [-0.4, -0.2) is 16.6 Å². The number of amides is 1. The third kappa shape index (κ3) is 3.85. The highest BCUT2D eigenvalue weighted by molar-refractivity contribution is 6.17. The first-order valence-electron chi connectivity index (χ1n) is 9.95. The number of aromatic nitrogens is 1. The van der Waals surface area contributed by atoms with Crippen molar-refractivity contribution >= 4 is 23.0 Å². The molecule has 0 unspecified atom stereocenters. The van der Waals surface area contributed by atoms with Crippen LogP contribution in [0.15, 0.2) is 96.1 Å². The molecule has 1 aromatic heterocycles. The van der Waals surface area contributed by atoms with Crippen LogP contribution in [0, 0.1) is 5.82 Å². The van der Waals surface area contributed by atoms with Crippen LogP contribution in [0.1, 0.15) is 12.0 Å². The quantitative estimate of drug-likeness (QED) is 0.452. The molecule has 5 heteroatoms. The number of nitrogens with one attached hydrogen (secondary N) is 1. The molecule has 0 radical (unpaired) electrons. The number of rotatable bonds is 3. The second-order valence-electron chi connectivity index (χ2n) is 7.29. The maximum absolute atomic E-state index is 14.2. The molecule has 1 amide bonds. The molecule has 0 saturated heterocycles. The van der Waals surface area contributed by atoms with Crippen molar-refractivity contribution in [3.8, 4) is 22.4 Å². The number of nitrogens with zero attached hydrogens (tertiary/aromatic N) is 2. The lowest BCUT2D eigenvalue weighted by Crippen LogP contribution is -2.15. The maximum Gasteiger partial charge on any atom is 0.230 e. The van der Waals surface area contributed by atoms with Gasteiger partial charge in [0.1, 0.15) is 5.82 Å². The van der Waals surface area contributed by atoms with Crippen molar-refractivity contribution in [3.63, 3.8) is 0 Å². The summed E-state index contributed by atoms with van der Waals surface area (Å²) in [5, 5.41) is 2.91. The van der Waals surface area contributed by atoms with Gasteiger partial charge in [-0.15, -0.1) is 0 Å². The van der Waals surface area contributed by atoms with E-state index < -0.39 is 0 Å². The highest BCUT2D eigenvalue weighted by Crippen LogP contribution is 2.34. The monoisotopic (exact) mass is 407 g/mol. The summed E-state index contributed by atoms with van der Waals surface area (Å²) >= 11 is 0. The Bertz CT molecular complexity index is 1320. The van der Waals surface area contributed by atoms with Crippen LogP contribution in [-0.2, 0) is 4.79 Å². The number of carbonyl (C=O) groups is 1. The van der Waals surface area contributed by atoms with Crippen LogP contribution < -0.4 is 5.32 Å². The molecule has 0 atom stereocenters. The molecule has 1 aliphatic heterocycles. The van der Waals surface area contributed by atoms with Crippen LogP contribution >= 0.6 is 0 Å². The third-order valence-electron chi connectivity index (χ3n) is 5.20. The number of halogens is 1. The number of benzene rings is 3. The smallest absolute Gasteiger partial charge is 0.230 e. The van der Waals surface area contributed by atoms with Crippen LogP contribution in [0.3, 0.4) is 0 Å². The van der Waals surface area contributed by atoms with E-state index in [4.69, 9.17) is 4.99 Å². The lowest BCUT2D eigenvalue weighted by molar-refractivity contribution is -0.115. The Morgan fingerprint density at radius 3 is 2.48 bits per heavy atom. The number of hydrogen-bond donors (Lipinski definition) is 1. The van der Waals surface area contributed by atoms with Gasteiger partial charge in [-0.25, -0.2) is 4.39 Å². The number of carbonyl (C=O) groups excluding carboxylic acids is 1. The number of aliphatic imine (C=N–C) groups is 1. The van der Waals surface area contributed by atoms with Gasteiger partial charge in [0.25, 0.3) is 0 Å². The van der Waals surface area contributed by atoms with Crippen LogP contribution in [0.4, 0.5) is 15.8 Å². The highest BCUT2D eigenvalue weighted by atomic mass is 19.1. The molecule has 150 valence electrons. The van der Waals surface area contributed by atoms with Gasteiger partial charge in [0.15, 0.2) is 0 Å². The zero-order chi connectivity index (χ0) is 21.2. The van der Waals surface area contributed by atoms with E-state index in [1.54, 1.807) is 30.5 Å². The molecule has 4 aromatic rings. The molecule has 2 heterocycles. The summed E-state index contributed by atoms with van der Waals surface area (Å²) in [6.45, 7) is 0. The van der Waals surface area contributed by atoms with E-state index in [9.17, 15) is 9.18 Å². The summed E-state index contributed by atoms with van der Waals surface area (Å²) in [7, 11) is 0. The van der Waals surface area contributed by atoms with Crippen molar-refractivity contribution in [1.82, 2.24) is 4.98 Å². The predicted molar refractivity (Wildman–Crippen MR) is 121 cm³/mol. The fraction of sp³-hybridized carbons (Fsp3) is 0.0385. The Hall–Kier alpha value is -4.12. The van der Waals surface area contributed by atoms with E-state index in [2.05, 4.69) is 10.3 Å². The van der Waals surface area contributed by atoms with E-state index in [1.807, 2.05) is 54.6 Å². The molecule has 4 nitrogen and oxygen atoms in total. The SMILES string of the molecule is O=C1CC(c2cccc(-c3ccccn3)c2)=Nc2ccc(-c3ccccc3F)cc2N1. The van der Waals surface area contributed by atoms with E-state index >= 15 is 0 Å². The molecule has 0 spiro atoms. The van der Waals surface area contributed by atoms with Crippen LogP contribution in [0.5, 0.6) is 0 Å². The second-order valence-corrected chi connectivity index (χ2v) is 7.29. The molecule has 0 fully saturated rings. The predicted octanol–water partition coefficient (Wildman–Crippen LogP) is 6.02.